The summed E-state index contributed by atoms with van der Waals surface area (Å²) >= 11 is 0. The number of carbonyl (C=O) groups excluding carboxylic acids is 3. The van der Waals surface area contributed by atoms with E-state index in [2.05, 4.69) is 49.9 Å². The first-order valence-corrected chi connectivity index (χ1v) is 13.6. The summed E-state index contributed by atoms with van der Waals surface area (Å²) in [4.78, 5) is 37.4. The molecule has 37 heavy (non-hydrogen) atoms. The number of carbonyl (C=O) groups is 3. The lowest BCUT2D eigenvalue weighted by Gasteiger charge is -2.25. The number of allylic oxidation sites excluding steroid dienone is 1. The summed E-state index contributed by atoms with van der Waals surface area (Å²) in [6.45, 7) is 17.9. The molecule has 3 N–H and O–H groups in total. The van der Waals surface area contributed by atoms with Crippen molar-refractivity contribution in [2.45, 2.75) is 78.7 Å². The van der Waals surface area contributed by atoms with E-state index in [9.17, 15) is 14.4 Å². The monoisotopic (exact) mass is 510 g/mol. The van der Waals surface area contributed by atoms with Crippen LogP contribution in [0.3, 0.4) is 0 Å². The minimum Gasteiger partial charge on any atom is -0.379 e. The highest BCUT2D eigenvalue weighted by Gasteiger charge is 2.29. The molecule has 2 rings (SSSR count). The van der Waals surface area contributed by atoms with Crippen LogP contribution in [0.5, 0.6) is 0 Å². The Kier molecular flexibility index (Phi) is 12.6. The number of Topliss-reactive ketones (excluding diaryl/α,β-unsaturated/α-hetero) is 1. The molecule has 0 aliphatic carbocycles. The zero-order valence-electron chi connectivity index (χ0n) is 23.2. The molecule has 204 valence electrons. The van der Waals surface area contributed by atoms with Crippen molar-refractivity contribution >= 4 is 23.3 Å². The molecule has 0 saturated carbocycles. The number of rotatable bonds is 17. The zero-order chi connectivity index (χ0) is 27.4. The first-order valence-electron chi connectivity index (χ1n) is 13.6. The number of nitrogens with one attached hydrogen (secondary N) is 3. The Morgan fingerprint density at radius 3 is 2.38 bits per heavy atom. The fourth-order valence-corrected chi connectivity index (χ4v) is 4.54. The lowest BCUT2D eigenvalue weighted by molar-refractivity contribution is -0.126. The average Bonchev–Trinajstić information content (AvgIpc) is 3.09. The number of amides is 2. The summed E-state index contributed by atoms with van der Waals surface area (Å²) in [6, 6.07) is 7.67. The van der Waals surface area contributed by atoms with Crippen molar-refractivity contribution < 1.29 is 14.4 Å². The topological polar surface area (TPSA) is 90.5 Å². The number of hydrogen-bond donors (Lipinski definition) is 3. The number of benzene rings is 1. The Hall–Kier alpha value is -2.93. The van der Waals surface area contributed by atoms with Crippen molar-refractivity contribution in [1.29, 1.82) is 0 Å². The van der Waals surface area contributed by atoms with E-state index in [1.165, 1.54) is 0 Å². The summed E-state index contributed by atoms with van der Waals surface area (Å²) in [5.74, 6) is 0.852. The van der Waals surface area contributed by atoms with E-state index < -0.39 is 0 Å². The number of anilines is 1. The van der Waals surface area contributed by atoms with Crippen molar-refractivity contribution in [2.75, 3.05) is 25.0 Å². The van der Waals surface area contributed by atoms with Gasteiger partial charge in [-0.1, -0.05) is 58.9 Å². The van der Waals surface area contributed by atoms with Crippen LogP contribution < -0.4 is 16.0 Å². The predicted octanol–water partition coefficient (Wildman–Crippen LogP) is 4.81. The largest absolute Gasteiger partial charge is 0.379 e. The highest BCUT2D eigenvalue weighted by atomic mass is 16.2. The highest BCUT2D eigenvalue weighted by Crippen LogP contribution is 2.27. The number of hydrogen-bond acceptors (Lipinski definition) is 5. The molecule has 1 fully saturated rings. The van der Waals surface area contributed by atoms with Gasteiger partial charge in [0.1, 0.15) is 5.78 Å². The van der Waals surface area contributed by atoms with E-state index in [-0.39, 0.29) is 36.1 Å². The third kappa shape index (κ3) is 10.5. The van der Waals surface area contributed by atoms with Gasteiger partial charge in [0.25, 0.3) is 0 Å². The van der Waals surface area contributed by atoms with Crippen molar-refractivity contribution in [1.82, 2.24) is 15.5 Å². The Morgan fingerprint density at radius 1 is 1.11 bits per heavy atom. The second kappa shape index (κ2) is 15.4. The molecule has 7 heteroatoms. The third-order valence-corrected chi connectivity index (χ3v) is 6.89. The van der Waals surface area contributed by atoms with E-state index in [1.807, 2.05) is 29.2 Å². The van der Waals surface area contributed by atoms with E-state index >= 15 is 0 Å². The quantitative estimate of drug-likeness (QED) is 0.262. The van der Waals surface area contributed by atoms with Crippen molar-refractivity contribution in [3.8, 4) is 0 Å². The van der Waals surface area contributed by atoms with Crippen LogP contribution in [0.4, 0.5) is 5.69 Å². The number of ketones is 1. The number of likely N-dealkylation sites (tertiary alicyclic amines) is 1. The van der Waals surface area contributed by atoms with Gasteiger partial charge < -0.3 is 25.6 Å². The molecule has 1 aliphatic rings. The summed E-state index contributed by atoms with van der Waals surface area (Å²) in [6.07, 6.45) is 6.05. The maximum atomic E-state index is 12.4. The standard InChI is InChI=1S/C30H46N4O3/c1-21(2)30(31-17-9-7-8-10-18-34-25(6)22(3)19-29(34)37)24(5)32-20-28(36)33-27-15-13-26(14-16-27)12-11-23(4)35/h13-16,21-22,30-32H,5-12,17-20H2,1-4H3,(H,33,36). The molecule has 2 atom stereocenters. The number of nitrogens with zero attached hydrogens (tertiary/aromatic N) is 1. The van der Waals surface area contributed by atoms with Gasteiger partial charge in [-0.3, -0.25) is 9.59 Å². The van der Waals surface area contributed by atoms with Gasteiger partial charge in [0.2, 0.25) is 11.8 Å². The van der Waals surface area contributed by atoms with Crippen LogP contribution >= 0.6 is 0 Å². The molecule has 1 aromatic carbocycles. The fourth-order valence-electron chi connectivity index (χ4n) is 4.54. The van der Waals surface area contributed by atoms with Gasteiger partial charge in [0.15, 0.2) is 0 Å². The maximum absolute atomic E-state index is 12.4. The number of unbranched alkanes of at least 4 members (excludes halogenated alkanes) is 3. The van der Waals surface area contributed by atoms with Crippen LogP contribution in [-0.2, 0) is 20.8 Å². The van der Waals surface area contributed by atoms with Crippen LogP contribution in [0.2, 0.25) is 0 Å². The van der Waals surface area contributed by atoms with E-state index in [0.29, 0.717) is 25.2 Å². The molecule has 0 spiro atoms. The van der Waals surface area contributed by atoms with Gasteiger partial charge in [-0.2, -0.15) is 0 Å². The highest BCUT2D eigenvalue weighted by molar-refractivity contribution is 5.92. The molecule has 2 unspecified atom stereocenters. The summed E-state index contributed by atoms with van der Waals surface area (Å²) < 4.78 is 0. The van der Waals surface area contributed by atoms with Gasteiger partial charge in [0, 0.05) is 48.4 Å². The predicted molar refractivity (Wildman–Crippen MR) is 151 cm³/mol. The Labute approximate surface area is 223 Å². The summed E-state index contributed by atoms with van der Waals surface area (Å²) in [5.41, 5.74) is 3.58. The lowest BCUT2D eigenvalue weighted by Crippen LogP contribution is -2.42. The molecule has 1 aliphatic heterocycles. The molecule has 0 bridgehead atoms. The Morgan fingerprint density at radius 2 is 1.78 bits per heavy atom. The Balaban J connectivity index is 1.64. The third-order valence-electron chi connectivity index (χ3n) is 6.89. The first kappa shape index (κ1) is 30.3. The summed E-state index contributed by atoms with van der Waals surface area (Å²) in [5, 5.41) is 9.65. The minimum atomic E-state index is -0.131. The van der Waals surface area contributed by atoms with Gasteiger partial charge in [-0.05, 0) is 56.3 Å². The summed E-state index contributed by atoms with van der Waals surface area (Å²) in [7, 11) is 0. The van der Waals surface area contributed by atoms with E-state index in [0.717, 1.165) is 61.4 Å². The van der Waals surface area contributed by atoms with Crippen LogP contribution in [-0.4, -0.2) is 48.2 Å². The first-order chi connectivity index (χ1) is 17.6. The smallest absolute Gasteiger partial charge is 0.243 e. The molecule has 2 amide bonds. The molecular weight excluding hydrogens is 464 g/mol. The Bertz CT molecular complexity index is 939. The van der Waals surface area contributed by atoms with Crippen LogP contribution in [0.15, 0.2) is 48.8 Å². The molecule has 0 aromatic heterocycles. The molecule has 7 nitrogen and oxygen atoms in total. The van der Waals surface area contributed by atoms with E-state index in [1.54, 1.807) is 6.92 Å². The molecule has 1 aromatic rings. The lowest BCUT2D eigenvalue weighted by atomic mass is 10.0. The van der Waals surface area contributed by atoms with Crippen molar-refractivity contribution in [3.63, 3.8) is 0 Å². The van der Waals surface area contributed by atoms with Crippen LogP contribution in [0.1, 0.15) is 71.8 Å². The maximum Gasteiger partial charge on any atom is 0.243 e. The average molecular weight is 511 g/mol. The zero-order valence-corrected chi connectivity index (χ0v) is 23.2. The molecular formula is C30H46N4O3. The van der Waals surface area contributed by atoms with Crippen molar-refractivity contribution in [2.24, 2.45) is 11.8 Å². The van der Waals surface area contributed by atoms with Gasteiger partial charge in [0.05, 0.1) is 6.54 Å². The van der Waals surface area contributed by atoms with Crippen molar-refractivity contribution in [3.05, 3.63) is 54.4 Å². The molecule has 1 heterocycles. The number of aryl methyl sites for hydroxylation is 1. The normalized spacial score (nSPS) is 16.2. The van der Waals surface area contributed by atoms with Gasteiger partial charge >= 0.3 is 0 Å². The minimum absolute atomic E-state index is 0.0698. The SMILES string of the molecule is C=C(NCC(=O)Nc1ccc(CCC(C)=O)cc1)C(NCCCCCCN1C(=C)C(C)CC1=O)C(C)C. The van der Waals surface area contributed by atoms with E-state index in [4.69, 9.17) is 0 Å². The van der Waals surface area contributed by atoms with Gasteiger partial charge in [-0.15, -0.1) is 0 Å². The molecule has 0 radical (unpaired) electrons. The second-order valence-electron chi connectivity index (χ2n) is 10.6. The second-order valence-corrected chi connectivity index (χ2v) is 10.6. The van der Waals surface area contributed by atoms with Crippen LogP contribution in [0.25, 0.3) is 0 Å². The van der Waals surface area contributed by atoms with Gasteiger partial charge in [-0.25, -0.2) is 0 Å². The molecule has 1 saturated heterocycles. The fraction of sp³-hybridized carbons (Fsp3) is 0.567. The van der Waals surface area contributed by atoms with Crippen LogP contribution in [0, 0.1) is 11.8 Å².